The highest BCUT2D eigenvalue weighted by atomic mass is 35.5. The van der Waals surface area contributed by atoms with Gasteiger partial charge in [-0.3, -0.25) is 4.68 Å². The SMILES string of the molecule is CCn1ncc(C(C)N)c1Cl. The van der Waals surface area contributed by atoms with Crippen molar-refractivity contribution >= 4 is 11.6 Å². The van der Waals surface area contributed by atoms with Crippen molar-refractivity contribution < 1.29 is 0 Å². The second-order valence-electron chi connectivity index (χ2n) is 2.50. The van der Waals surface area contributed by atoms with Crippen molar-refractivity contribution in [2.75, 3.05) is 0 Å². The van der Waals surface area contributed by atoms with Crippen LogP contribution < -0.4 is 5.73 Å². The molecule has 0 aromatic carbocycles. The number of hydrogen-bond donors (Lipinski definition) is 1. The summed E-state index contributed by atoms with van der Waals surface area (Å²) in [5.41, 5.74) is 6.56. The van der Waals surface area contributed by atoms with Gasteiger partial charge in [0.25, 0.3) is 0 Å². The maximum absolute atomic E-state index is 5.94. The van der Waals surface area contributed by atoms with E-state index in [1.165, 1.54) is 0 Å². The third kappa shape index (κ3) is 1.54. The summed E-state index contributed by atoms with van der Waals surface area (Å²) in [5, 5.41) is 4.72. The molecule has 0 spiro atoms. The van der Waals surface area contributed by atoms with Crippen molar-refractivity contribution in [3.05, 3.63) is 16.9 Å². The van der Waals surface area contributed by atoms with E-state index in [0.717, 1.165) is 12.1 Å². The summed E-state index contributed by atoms with van der Waals surface area (Å²) in [7, 11) is 0. The molecule has 0 saturated carbocycles. The Morgan fingerprint density at radius 3 is 2.73 bits per heavy atom. The Kier molecular flexibility index (Phi) is 2.52. The van der Waals surface area contributed by atoms with E-state index in [4.69, 9.17) is 17.3 Å². The van der Waals surface area contributed by atoms with Crippen molar-refractivity contribution in [2.45, 2.75) is 26.4 Å². The Hall–Kier alpha value is -0.540. The molecule has 4 heteroatoms. The Labute approximate surface area is 71.1 Å². The van der Waals surface area contributed by atoms with Crippen LogP contribution in [0.25, 0.3) is 0 Å². The Bertz CT molecular complexity index is 242. The third-order valence-corrected chi connectivity index (χ3v) is 2.00. The number of rotatable bonds is 2. The van der Waals surface area contributed by atoms with Crippen LogP contribution in [0.15, 0.2) is 6.20 Å². The van der Waals surface area contributed by atoms with Crippen molar-refractivity contribution in [1.82, 2.24) is 9.78 Å². The predicted molar refractivity (Wildman–Crippen MR) is 45.5 cm³/mol. The standard InChI is InChI=1S/C7H12ClN3/c1-3-11-7(8)6(4-10-11)5(2)9/h4-5H,3,9H2,1-2H3. The molecule has 3 nitrogen and oxygen atoms in total. The molecule has 1 aromatic heterocycles. The molecule has 1 aromatic rings. The molecule has 1 rings (SSSR count). The monoisotopic (exact) mass is 173 g/mol. The molecule has 0 bridgehead atoms. The van der Waals surface area contributed by atoms with E-state index < -0.39 is 0 Å². The van der Waals surface area contributed by atoms with Gasteiger partial charge in [-0.05, 0) is 13.8 Å². The molecule has 0 aliphatic rings. The van der Waals surface area contributed by atoms with Crippen LogP contribution >= 0.6 is 11.6 Å². The molecule has 11 heavy (non-hydrogen) atoms. The average molecular weight is 174 g/mol. The van der Waals surface area contributed by atoms with Gasteiger partial charge in [-0.15, -0.1) is 0 Å². The molecule has 62 valence electrons. The van der Waals surface area contributed by atoms with Crippen LogP contribution in [0.2, 0.25) is 5.15 Å². The summed E-state index contributed by atoms with van der Waals surface area (Å²) >= 11 is 5.94. The largest absolute Gasteiger partial charge is 0.324 e. The highest BCUT2D eigenvalue weighted by molar-refractivity contribution is 6.30. The minimum atomic E-state index is -0.0391. The zero-order valence-corrected chi connectivity index (χ0v) is 7.47. The molecule has 1 atom stereocenters. The van der Waals surface area contributed by atoms with E-state index >= 15 is 0 Å². The fourth-order valence-corrected chi connectivity index (χ4v) is 1.29. The number of aryl methyl sites for hydroxylation is 1. The minimum absolute atomic E-state index is 0.0391. The fourth-order valence-electron chi connectivity index (χ4n) is 0.911. The second-order valence-corrected chi connectivity index (χ2v) is 2.85. The molecule has 1 unspecified atom stereocenters. The van der Waals surface area contributed by atoms with Gasteiger partial charge in [-0.2, -0.15) is 5.10 Å². The first-order valence-corrected chi connectivity index (χ1v) is 4.01. The van der Waals surface area contributed by atoms with Gasteiger partial charge in [0, 0.05) is 18.2 Å². The Morgan fingerprint density at radius 1 is 1.82 bits per heavy atom. The van der Waals surface area contributed by atoms with E-state index in [1.807, 2.05) is 13.8 Å². The average Bonchev–Trinajstić information content (AvgIpc) is 2.30. The van der Waals surface area contributed by atoms with Crippen LogP contribution in [-0.4, -0.2) is 9.78 Å². The lowest BCUT2D eigenvalue weighted by Gasteiger charge is -2.02. The Morgan fingerprint density at radius 2 is 2.45 bits per heavy atom. The topological polar surface area (TPSA) is 43.8 Å². The van der Waals surface area contributed by atoms with Gasteiger partial charge in [0.15, 0.2) is 0 Å². The molecule has 2 N–H and O–H groups in total. The lowest BCUT2D eigenvalue weighted by atomic mass is 10.2. The van der Waals surface area contributed by atoms with Gasteiger partial charge in [0.1, 0.15) is 5.15 Å². The van der Waals surface area contributed by atoms with Crippen LogP contribution in [-0.2, 0) is 6.54 Å². The molecular formula is C7H12ClN3. The first kappa shape index (κ1) is 8.56. The fraction of sp³-hybridized carbons (Fsp3) is 0.571. The summed E-state index contributed by atoms with van der Waals surface area (Å²) in [6, 6.07) is -0.0391. The first-order valence-electron chi connectivity index (χ1n) is 3.63. The van der Waals surface area contributed by atoms with Crippen LogP contribution in [0.3, 0.4) is 0 Å². The normalized spacial score (nSPS) is 13.5. The molecule has 0 fully saturated rings. The van der Waals surface area contributed by atoms with E-state index in [0.29, 0.717) is 5.15 Å². The molecule has 0 saturated heterocycles. The summed E-state index contributed by atoms with van der Waals surface area (Å²) in [5.74, 6) is 0. The van der Waals surface area contributed by atoms with E-state index in [2.05, 4.69) is 5.10 Å². The van der Waals surface area contributed by atoms with Crippen molar-refractivity contribution in [1.29, 1.82) is 0 Å². The number of nitrogens with zero attached hydrogens (tertiary/aromatic N) is 2. The van der Waals surface area contributed by atoms with Crippen LogP contribution in [0.1, 0.15) is 25.5 Å². The molecular weight excluding hydrogens is 162 g/mol. The zero-order chi connectivity index (χ0) is 8.43. The lowest BCUT2D eigenvalue weighted by molar-refractivity contribution is 0.659. The molecule has 1 heterocycles. The van der Waals surface area contributed by atoms with Crippen LogP contribution in [0.5, 0.6) is 0 Å². The molecule has 0 amide bonds. The number of halogens is 1. The van der Waals surface area contributed by atoms with E-state index in [-0.39, 0.29) is 6.04 Å². The quantitative estimate of drug-likeness (QED) is 0.738. The minimum Gasteiger partial charge on any atom is -0.324 e. The Balaban J connectivity index is 3.00. The maximum atomic E-state index is 5.94. The van der Waals surface area contributed by atoms with Crippen molar-refractivity contribution in [3.8, 4) is 0 Å². The van der Waals surface area contributed by atoms with Crippen molar-refractivity contribution in [2.24, 2.45) is 5.73 Å². The van der Waals surface area contributed by atoms with Gasteiger partial charge < -0.3 is 5.73 Å². The zero-order valence-electron chi connectivity index (χ0n) is 6.71. The van der Waals surface area contributed by atoms with Crippen molar-refractivity contribution in [3.63, 3.8) is 0 Å². The first-order chi connectivity index (χ1) is 5.16. The lowest BCUT2D eigenvalue weighted by Crippen LogP contribution is -2.05. The van der Waals surface area contributed by atoms with Gasteiger partial charge >= 0.3 is 0 Å². The third-order valence-electron chi connectivity index (χ3n) is 1.59. The summed E-state index contributed by atoms with van der Waals surface area (Å²) in [6.45, 7) is 4.66. The highest BCUT2D eigenvalue weighted by Crippen LogP contribution is 2.20. The van der Waals surface area contributed by atoms with Crippen LogP contribution in [0.4, 0.5) is 0 Å². The maximum Gasteiger partial charge on any atom is 0.131 e. The predicted octanol–water partition coefficient (Wildman–Crippen LogP) is 1.58. The smallest absolute Gasteiger partial charge is 0.131 e. The van der Waals surface area contributed by atoms with Gasteiger partial charge in [0.05, 0.1) is 6.20 Å². The molecule has 0 aliphatic carbocycles. The number of nitrogens with two attached hydrogens (primary N) is 1. The highest BCUT2D eigenvalue weighted by Gasteiger charge is 2.09. The second kappa shape index (κ2) is 3.24. The number of aromatic nitrogens is 2. The number of hydrogen-bond acceptors (Lipinski definition) is 2. The van der Waals surface area contributed by atoms with E-state index in [1.54, 1.807) is 10.9 Å². The summed E-state index contributed by atoms with van der Waals surface area (Å²) < 4.78 is 1.72. The summed E-state index contributed by atoms with van der Waals surface area (Å²) in [4.78, 5) is 0. The van der Waals surface area contributed by atoms with Gasteiger partial charge in [-0.1, -0.05) is 11.6 Å². The van der Waals surface area contributed by atoms with Gasteiger partial charge in [0.2, 0.25) is 0 Å². The van der Waals surface area contributed by atoms with E-state index in [9.17, 15) is 0 Å². The van der Waals surface area contributed by atoms with Crippen LogP contribution in [0, 0.1) is 0 Å². The molecule has 0 radical (unpaired) electrons. The molecule has 0 aliphatic heterocycles. The van der Waals surface area contributed by atoms with Gasteiger partial charge in [-0.25, -0.2) is 0 Å². The summed E-state index contributed by atoms with van der Waals surface area (Å²) in [6.07, 6.45) is 1.72.